The summed E-state index contributed by atoms with van der Waals surface area (Å²) in [5.74, 6) is 0.710. The van der Waals surface area contributed by atoms with Gasteiger partial charge in [-0.2, -0.15) is 0 Å². The van der Waals surface area contributed by atoms with Crippen LogP contribution in [0, 0.1) is 0 Å². The van der Waals surface area contributed by atoms with Crippen LogP contribution in [0.2, 0.25) is 15.1 Å². The monoisotopic (exact) mass is 441 g/mol. The fraction of sp³-hybridized carbons (Fsp3) is 0.350. The maximum absolute atomic E-state index is 12.7. The van der Waals surface area contributed by atoms with Crippen molar-refractivity contribution in [2.24, 2.45) is 0 Å². The number of hydrogen-bond donors (Lipinski definition) is 1. The molecular weight excluding hydrogens is 421 g/mol. The molecule has 1 saturated heterocycles. The summed E-state index contributed by atoms with van der Waals surface area (Å²) in [6, 6.07) is 10.8. The summed E-state index contributed by atoms with van der Waals surface area (Å²) in [5.41, 5.74) is 1.58. The van der Waals surface area contributed by atoms with Gasteiger partial charge in [0.05, 0.1) is 33.9 Å². The molecule has 1 atom stereocenters. The fourth-order valence-corrected chi connectivity index (χ4v) is 3.79. The second kappa shape index (κ2) is 9.23. The van der Waals surface area contributed by atoms with E-state index in [4.69, 9.17) is 39.5 Å². The van der Waals surface area contributed by atoms with Crippen molar-refractivity contribution in [2.45, 2.75) is 13.0 Å². The van der Waals surface area contributed by atoms with Crippen LogP contribution in [0.1, 0.15) is 6.92 Å². The molecule has 1 amide bonds. The number of hydrogen-bond acceptors (Lipinski definition) is 4. The standard InChI is InChI=1S/C20H22Cl3N3O2/c1-13(20(27)24-19-12-17(22)16(21)11-18(19)23)25-6-8-26(9-7-25)14-4-3-5-15(10-14)28-2/h3-5,10-13H,6-9H2,1-2H3,(H,24,27). The highest BCUT2D eigenvalue weighted by Crippen LogP contribution is 2.32. The lowest BCUT2D eigenvalue weighted by atomic mass is 10.2. The maximum Gasteiger partial charge on any atom is 0.241 e. The zero-order valence-corrected chi connectivity index (χ0v) is 18.0. The van der Waals surface area contributed by atoms with Crippen LogP contribution in [0.3, 0.4) is 0 Å². The average molecular weight is 443 g/mol. The van der Waals surface area contributed by atoms with Gasteiger partial charge in [-0.15, -0.1) is 0 Å². The van der Waals surface area contributed by atoms with Crippen LogP contribution in [0.5, 0.6) is 5.75 Å². The van der Waals surface area contributed by atoms with Crippen molar-refractivity contribution in [1.82, 2.24) is 4.90 Å². The molecule has 0 aromatic heterocycles. The van der Waals surface area contributed by atoms with Crippen LogP contribution in [0.25, 0.3) is 0 Å². The predicted molar refractivity (Wildman–Crippen MR) is 116 cm³/mol. The third-order valence-corrected chi connectivity index (χ3v) is 5.96. The number of methoxy groups -OCH3 is 1. The minimum atomic E-state index is -0.294. The van der Waals surface area contributed by atoms with Crippen LogP contribution in [0.15, 0.2) is 36.4 Å². The Bertz CT molecular complexity index is 855. The molecule has 1 N–H and O–H groups in total. The second-order valence-corrected chi connectivity index (χ2v) is 7.86. The Balaban J connectivity index is 1.59. The van der Waals surface area contributed by atoms with E-state index in [-0.39, 0.29) is 11.9 Å². The second-order valence-electron chi connectivity index (χ2n) is 6.64. The van der Waals surface area contributed by atoms with E-state index in [9.17, 15) is 4.79 Å². The molecule has 0 radical (unpaired) electrons. The summed E-state index contributed by atoms with van der Waals surface area (Å²) >= 11 is 18.1. The van der Waals surface area contributed by atoms with Gasteiger partial charge in [-0.25, -0.2) is 0 Å². The van der Waals surface area contributed by atoms with Crippen LogP contribution in [0.4, 0.5) is 11.4 Å². The molecule has 28 heavy (non-hydrogen) atoms. The molecule has 0 saturated carbocycles. The quantitative estimate of drug-likeness (QED) is 0.675. The van der Waals surface area contributed by atoms with Gasteiger partial charge in [0.2, 0.25) is 5.91 Å². The van der Waals surface area contributed by atoms with Crippen molar-refractivity contribution < 1.29 is 9.53 Å². The van der Waals surface area contributed by atoms with E-state index in [2.05, 4.69) is 21.2 Å². The van der Waals surface area contributed by atoms with E-state index in [1.165, 1.54) is 6.07 Å². The molecule has 1 unspecified atom stereocenters. The van der Waals surface area contributed by atoms with Crippen molar-refractivity contribution in [1.29, 1.82) is 0 Å². The summed E-state index contributed by atoms with van der Waals surface area (Å²) in [4.78, 5) is 17.1. The lowest BCUT2D eigenvalue weighted by molar-refractivity contribution is -0.120. The normalized spacial score (nSPS) is 16.0. The van der Waals surface area contributed by atoms with Gasteiger partial charge < -0.3 is 15.0 Å². The Morgan fingerprint density at radius 3 is 2.39 bits per heavy atom. The highest BCUT2D eigenvalue weighted by Gasteiger charge is 2.26. The minimum absolute atomic E-state index is 0.130. The van der Waals surface area contributed by atoms with Crippen LogP contribution >= 0.6 is 34.8 Å². The lowest BCUT2D eigenvalue weighted by Gasteiger charge is -2.38. The number of halogens is 3. The molecule has 150 valence electrons. The molecule has 0 spiro atoms. The van der Waals surface area contributed by atoms with E-state index in [1.807, 2.05) is 25.1 Å². The van der Waals surface area contributed by atoms with Crippen molar-refractivity contribution >= 4 is 52.1 Å². The summed E-state index contributed by atoms with van der Waals surface area (Å²) < 4.78 is 5.30. The average Bonchev–Trinajstić information content (AvgIpc) is 2.71. The lowest BCUT2D eigenvalue weighted by Crippen LogP contribution is -2.52. The molecule has 1 aliphatic rings. The van der Waals surface area contributed by atoms with Crippen molar-refractivity contribution in [3.05, 3.63) is 51.5 Å². The molecule has 5 nitrogen and oxygen atoms in total. The van der Waals surface area contributed by atoms with Crippen LogP contribution in [-0.4, -0.2) is 50.1 Å². The molecule has 2 aromatic rings. The van der Waals surface area contributed by atoms with E-state index < -0.39 is 0 Å². The fourth-order valence-electron chi connectivity index (χ4n) is 3.20. The van der Waals surface area contributed by atoms with Gasteiger partial charge in [-0.1, -0.05) is 40.9 Å². The van der Waals surface area contributed by atoms with E-state index in [0.717, 1.165) is 37.6 Å². The van der Waals surface area contributed by atoms with Gasteiger partial charge in [0.25, 0.3) is 0 Å². The molecule has 8 heteroatoms. The number of piperazine rings is 1. The maximum atomic E-state index is 12.7. The smallest absolute Gasteiger partial charge is 0.241 e. The Morgan fingerprint density at radius 2 is 1.71 bits per heavy atom. The number of amides is 1. The summed E-state index contributed by atoms with van der Waals surface area (Å²) in [5, 5.41) is 3.91. The van der Waals surface area contributed by atoms with Crippen molar-refractivity contribution in [3.8, 4) is 5.75 Å². The molecule has 1 fully saturated rings. The SMILES string of the molecule is COc1cccc(N2CCN(C(C)C(=O)Nc3cc(Cl)c(Cl)cc3Cl)CC2)c1. The first kappa shape index (κ1) is 21.1. The number of nitrogens with one attached hydrogen (secondary N) is 1. The molecule has 0 bridgehead atoms. The van der Waals surface area contributed by atoms with Crippen LogP contribution < -0.4 is 15.0 Å². The molecule has 3 rings (SSSR count). The van der Waals surface area contributed by atoms with Gasteiger partial charge in [-0.05, 0) is 31.2 Å². The Morgan fingerprint density at radius 1 is 1.04 bits per heavy atom. The van der Waals surface area contributed by atoms with Gasteiger partial charge >= 0.3 is 0 Å². The van der Waals surface area contributed by atoms with Gasteiger partial charge in [0.1, 0.15) is 5.75 Å². The number of ether oxygens (including phenoxy) is 1. The molecule has 1 heterocycles. The van der Waals surface area contributed by atoms with E-state index in [0.29, 0.717) is 20.8 Å². The first-order chi connectivity index (χ1) is 13.4. The third kappa shape index (κ3) is 4.84. The third-order valence-electron chi connectivity index (χ3n) is 4.93. The molecular formula is C20H22Cl3N3O2. The number of carbonyl (C=O) groups is 1. The minimum Gasteiger partial charge on any atom is -0.497 e. The van der Waals surface area contributed by atoms with Gasteiger partial charge in [0, 0.05) is 37.9 Å². The molecule has 2 aromatic carbocycles. The van der Waals surface area contributed by atoms with Gasteiger partial charge in [-0.3, -0.25) is 9.69 Å². The first-order valence-corrected chi connectivity index (χ1v) is 10.1. The molecule has 1 aliphatic heterocycles. The van der Waals surface area contributed by atoms with Gasteiger partial charge in [0.15, 0.2) is 0 Å². The number of carbonyl (C=O) groups excluding carboxylic acids is 1. The highest BCUT2D eigenvalue weighted by atomic mass is 35.5. The number of benzene rings is 2. The Hall–Kier alpha value is -1.66. The topological polar surface area (TPSA) is 44.8 Å². The van der Waals surface area contributed by atoms with Crippen molar-refractivity contribution in [3.63, 3.8) is 0 Å². The Kier molecular flexibility index (Phi) is 6.94. The summed E-state index contributed by atoms with van der Waals surface area (Å²) in [6.07, 6.45) is 0. The number of anilines is 2. The number of nitrogens with zero attached hydrogens (tertiary/aromatic N) is 2. The summed E-state index contributed by atoms with van der Waals surface area (Å²) in [7, 11) is 1.66. The predicted octanol–water partition coefficient (Wildman–Crippen LogP) is 4.80. The summed E-state index contributed by atoms with van der Waals surface area (Å²) in [6.45, 7) is 5.11. The first-order valence-electron chi connectivity index (χ1n) is 8.97. The number of rotatable bonds is 5. The zero-order chi connectivity index (χ0) is 20.3. The van der Waals surface area contributed by atoms with E-state index in [1.54, 1.807) is 13.2 Å². The molecule has 0 aliphatic carbocycles. The van der Waals surface area contributed by atoms with E-state index >= 15 is 0 Å². The van der Waals surface area contributed by atoms with Crippen molar-refractivity contribution in [2.75, 3.05) is 43.5 Å². The van der Waals surface area contributed by atoms with Crippen LogP contribution in [-0.2, 0) is 4.79 Å². The highest BCUT2D eigenvalue weighted by molar-refractivity contribution is 6.44. The largest absolute Gasteiger partial charge is 0.497 e. The Labute approximate surface area is 180 Å². The zero-order valence-electron chi connectivity index (χ0n) is 15.7.